The van der Waals surface area contributed by atoms with Gasteiger partial charge >= 0.3 is 26.7 Å². The van der Waals surface area contributed by atoms with Crippen molar-refractivity contribution in [1.82, 2.24) is 9.13 Å². The van der Waals surface area contributed by atoms with Gasteiger partial charge in [0.25, 0.3) is 0 Å². The third kappa shape index (κ3) is 2.77. The van der Waals surface area contributed by atoms with Crippen LogP contribution < -0.4 is 0 Å². The Kier molecular flexibility index (Phi) is 3.94. The fourth-order valence-corrected chi connectivity index (χ4v) is 14.2. The van der Waals surface area contributed by atoms with Gasteiger partial charge in [-0.3, -0.25) is 9.13 Å². The molecule has 1 heterocycles. The molecule has 0 N–H and O–H groups in total. The van der Waals surface area contributed by atoms with E-state index in [1.165, 1.54) is 0 Å². The van der Waals surface area contributed by atoms with Gasteiger partial charge in [0.1, 0.15) is 0 Å². The highest BCUT2D eigenvalue weighted by Crippen LogP contribution is 2.26. The zero-order chi connectivity index (χ0) is 11.9. The zero-order valence-electron chi connectivity index (χ0n) is 10.7. The van der Waals surface area contributed by atoms with Crippen LogP contribution >= 0.6 is 0 Å². The molecule has 0 amide bonds. The number of rotatable bonds is 2. The molecule has 1 aliphatic heterocycles. The van der Waals surface area contributed by atoms with Crippen molar-refractivity contribution in [2.75, 3.05) is 28.2 Å². The molecule has 0 saturated carbocycles. The first kappa shape index (κ1) is 13.5. The van der Waals surface area contributed by atoms with E-state index in [0.29, 0.717) is 0 Å². The van der Waals surface area contributed by atoms with Gasteiger partial charge in [-0.1, -0.05) is 0 Å². The molecule has 1 fully saturated rings. The lowest BCUT2D eigenvalue weighted by molar-refractivity contribution is 0.172. The largest absolute Gasteiger partial charge is 0.407 e. The minimum Gasteiger partial charge on any atom is -0.406 e. The van der Waals surface area contributed by atoms with Gasteiger partial charge in [0.15, 0.2) is 0 Å². The van der Waals surface area contributed by atoms with Crippen molar-refractivity contribution in [2.45, 2.75) is 19.6 Å². The molecule has 0 aromatic rings. The first-order valence-electron chi connectivity index (χ1n) is 5.10. The van der Waals surface area contributed by atoms with Crippen LogP contribution in [0.3, 0.4) is 0 Å². The van der Waals surface area contributed by atoms with E-state index in [1.807, 2.05) is 28.2 Å². The summed E-state index contributed by atoms with van der Waals surface area (Å²) in [5, 5.41) is 0. The molecule has 15 heavy (non-hydrogen) atoms. The molecule has 0 aliphatic carbocycles. The predicted octanol–water partition coefficient (Wildman–Crippen LogP) is 0.161. The molecule has 1 saturated heterocycles. The summed E-state index contributed by atoms with van der Waals surface area (Å²) in [6.45, 7) is 6.26. The number of hydrogen-bond donors (Lipinski definition) is 0. The van der Waals surface area contributed by atoms with Crippen molar-refractivity contribution in [3.05, 3.63) is 0 Å². The van der Waals surface area contributed by atoms with E-state index in [-0.39, 0.29) is 0 Å². The van der Waals surface area contributed by atoms with E-state index in [9.17, 15) is 0 Å². The molecule has 1 rings (SSSR count). The molecule has 8 heteroatoms. The highest BCUT2D eigenvalue weighted by Gasteiger charge is 2.53. The topological polar surface area (TPSA) is 34.2 Å². The Balaban J connectivity index is 2.89. The third-order valence-electron chi connectivity index (χ3n) is 2.77. The van der Waals surface area contributed by atoms with Crippen LogP contribution in [0, 0.1) is 0 Å². The van der Waals surface area contributed by atoms with Crippen LogP contribution in [0.15, 0.2) is 0 Å². The zero-order valence-corrected chi connectivity index (χ0v) is 13.9. The molecular weight excluding hydrogens is 244 g/mol. The Morgan fingerprint density at radius 2 is 1.20 bits per heavy atom. The molecule has 5 nitrogen and oxygen atoms in total. The highest BCUT2D eigenvalue weighted by atomic mass is 28.5. The summed E-state index contributed by atoms with van der Waals surface area (Å²) < 4.78 is 22.3. The van der Waals surface area contributed by atoms with E-state index in [0.717, 1.165) is 0 Å². The Morgan fingerprint density at radius 3 is 1.47 bits per heavy atom. The average molecular weight is 267 g/mol. The monoisotopic (exact) mass is 266 g/mol. The van der Waals surface area contributed by atoms with Gasteiger partial charge in [-0.05, 0) is 47.8 Å². The minimum absolute atomic E-state index is 1.54. The quantitative estimate of drug-likeness (QED) is 0.665. The van der Waals surface area contributed by atoms with E-state index in [4.69, 9.17) is 12.3 Å². The summed E-state index contributed by atoms with van der Waals surface area (Å²) in [5.41, 5.74) is 0. The first-order chi connectivity index (χ1) is 6.69. The van der Waals surface area contributed by atoms with Crippen molar-refractivity contribution >= 4 is 26.7 Å². The van der Waals surface area contributed by atoms with Crippen molar-refractivity contribution in [3.8, 4) is 0 Å². The number of nitrogens with zero attached hydrogens (tertiary/aromatic N) is 2. The molecule has 2 unspecified atom stereocenters. The van der Waals surface area contributed by atoms with Crippen molar-refractivity contribution in [3.63, 3.8) is 0 Å². The molecule has 0 spiro atoms. The normalized spacial score (nSPS) is 42.6. The Morgan fingerprint density at radius 1 is 0.867 bits per heavy atom. The lowest BCUT2D eigenvalue weighted by Gasteiger charge is -2.48. The van der Waals surface area contributed by atoms with Crippen molar-refractivity contribution in [1.29, 1.82) is 0 Å². The summed E-state index contributed by atoms with van der Waals surface area (Å²) in [5.74, 6) is 0. The van der Waals surface area contributed by atoms with Crippen molar-refractivity contribution < 1.29 is 12.3 Å². The molecule has 2 atom stereocenters. The fraction of sp³-hybridized carbons (Fsp3) is 1.00. The van der Waals surface area contributed by atoms with Crippen LogP contribution in [-0.2, 0) is 12.3 Å². The standard InChI is InChI=1S/C7H22N2O3Si3/c1-8(2)14(6)10-13(5)11-15(7,12-14)9(3)4/h13H,1-7H3. The van der Waals surface area contributed by atoms with Crippen LogP contribution in [0.2, 0.25) is 19.6 Å². The van der Waals surface area contributed by atoms with Crippen LogP contribution in [0.4, 0.5) is 0 Å². The Hall–Kier alpha value is 0.451. The Labute approximate surface area is 96.4 Å². The summed E-state index contributed by atoms with van der Waals surface area (Å²) in [6, 6.07) is 0. The van der Waals surface area contributed by atoms with Crippen LogP contribution in [0.5, 0.6) is 0 Å². The van der Waals surface area contributed by atoms with Gasteiger partial charge in [0, 0.05) is 0 Å². The summed E-state index contributed by atoms with van der Waals surface area (Å²) >= 11 is 0. The van der Waals surface area contributed by atoms with Crippen LogP contribution in [0.1, 0.15) is 0 Å². The highest BCUT2D eigenvalue weighted by molar-refractivity contribution is 6.86. The second kappa shape index (κ2) is 4.37. The van der Waals surface area contributed by atoms with Crippen LogP contribution in [0.25, 0.3) is 0 Å². The summed E-state index contributed by atoms with van der Waals surface area (Å²) in [6.07, 6.45) is 0. The van der Waals surface area contributed by atoms with Gasteiger partial charge in [-0.25, -0.2) is 0 Å². The Bertz CT molecular complexity index is 222. The van der Waals surface area contributed by atoms with Gasteiger partial charge in [-0.15, -0.1) is 0 Å². The maximum atomic E-state index is 6.17. The van der Waals surface area contributed by atoms with Crippen LogP contribution in [-0.4, -0.2) is 64.1 Å². The van der Waals surface area contributed by atoms with Gasteiger partial charge in [0.05, 0.1) is 0 Å². The maximum absolute atomic E-state index is 6.17. The summed E-state index contributed by atoms with van der Waals surface area (Å²) in [4.78, 5) is 0. The summed E-state index contributed by atoms with van der Waals surface area (Å²) in [7, 11) is 2.16. The number of hydrogen-bond acceptors (Lipinski definition) is 5. The third-order valence-corrected chi connectivity index (χ3v) is 15.2. The molecule has 1 aliphatic rings. The molecular formula is C7H22N2O3Si3. The molecule has 90 valence electrons. The second-order valence-electron chi connectivity index (χ2n) is 4.49. The molecule has 0 bridgehead atoms. The molecule has 0 radical (unpaired) electrons. The first-order valence-corrected chi connectivity index (χ1v) is 11.7. The molecule has 0 aromatic carbocycles. The second-order valence-corrected chi connectivity index (χ2v) is 13.7. The minimum atomic E-state index is -2.19. The lowest BCUT2D eigenvalue weighted by Crippen LogP contribution is -2.71. The van der Waals surface area contributed by atoms with E-state index in [2.05, 4.69) is 28.8 Å². The molecule has 0 aromatic heterocycles. The smallest absolute Gasteiger partial charge is 0.406 e. The van der Waals surface area contributed by atoms with E-state index < -0.39 is 26.7 Å². The SMILES string of the molecule is CN(C)[Si]1(C)O[SiH](C)O[Si](C)(N(C)C)O1. The lowest BCUT2D eigenvalue weighted by atomic mass is 11.3. The average Bonchev–Trinajstić information content (AvgIpc) is 2.00. The van der Waals surface area contributed by atoms with Gasteiger partial charge in [0.2, 0.25) is 0 Å². The van der Waals surface area contributed by atoms with E-state index >= 15 is 0 Å². The fourth-order valence-electron chi connectivity index (χ4n) is 1.43. The van der Waals surface area contributed by atoms with Gasteiger partial charge < -0.3 is 12.3 Å². The van der Waals surface area contributed by atoms with Gasteiger partial charge in [-0.2, -0.15) is 0 Å². The maximum Gasteiger partial charge on any atom is 0.407 e. The van der Waals surface area contributed by atoms with Crippen molar-refractivity contribution in [2.24, 2.45) is 0 Å². The predicted molar refractivity (Wildman–Crippen MR) is 66.9 cm³/mol. The van der Waals surface area contributed by atoms with E-state index in [1.54, 1.807) is 0 Å².